The van der Waals surface area contributed by atoms with Gasteiger partial charge < -0.3 is 33.2 Å². The van der Waals surface area contributed by atoms with Crippen LogP contribution in [0.3, 0.4) is 0 Å². The predicted molar refractivity (Wildman–Crippen MR) is 183 cm³/mol. The van der Waals surface area contributed by atoms with E-state index >= 15 is 0 Å². The molecule has 1 aliphatic rings. The largest absolute Gasteiger partial charge is 0.481 e. The Morgan fingerprint density at radius 2 is 1.13 bits per heavy atom. The Kier molecular flexibility index (Phi) is 11.6. The maximum Gasteiger partial charge on any atom is 0.338 e. The van der Waals surface area contributed by atoms with Gasteiger partial charge in [0.1, 0.15) is 18.2 Å². The van der Waals surface area contributed by atoms with Crippen LogP contribution in [0.4, 0.5) is 0 Å². The van der Waals surface area contributed by atoms with Crippen molar-refractivity contribution < 1.29 is 57.2 Å². The number of fused-ring (bicyclic) bond motifs is 1. The number of esters is 4. The molecule has 0 radical (unpaired) electrons. The van der Waals surface area contributed by atoms with Crippen LogP contribution < -0.4 is 0 Å². The quantitative estimate of drug-likeness (QED) is 0.115. The van der Waals surface area contributed by atoms with Crippen molar-refractivity contribution in [1.29, 1.82) is 0 Å². The lowest BCUT2D eigenvalue weighted by Gasteiger charge is -2.44. The summed E-state index contributed by atoms with van der Waals surface area (Å²) in [7, 11) is 0. The smallest absolute Gasteiger partial charge is 0.338 e. The van der Waals surface area contributed by atoms with Gasteiger partial charge in [-0.1, -0.05) is 66.7 Å². The topological polar surface area (TPSA) is 178 Å². The zero-order valence-corrected chi connectivity index (χ0v) is 28.1. The molecule has 0 saturated carbocycles. The fourth-order valence-corrected chi connectivity index (χ4v) is 6.29. The van der Waals surface area contributed by atoms with Crippen LogP contribution in [0.2, 0.25) is 0 Å². The summed E-state index contributed by atoms with van der Waals surface area (Å²) in [4.78, 5) is 69.1. The van der Waals surface area contributed by atoms with E-state index in [0.717, 1.165) is 11.8 Å². The molecule has 0 bridgehead atoms. The molecule has 1 aromatic heterocycles. The highest BCUT2D eigenvalue weighted by Gasteiger charge is 2.54. The van der Waals surface area contributed by atoms with Crippen LogP contribution in [-0.2, 0) is 33.3 Å². The zero-order chi connectivity index (χ0) is 36.5. The van der Waals surface area contributed by atoms with Gasteiger partial charge in [0.2, 0.25) is 0 Å². The summed E-state index contributed by atoms with van der Waals surface area (Å²) in [5.74, 6) is -4.54. The van der Waals surface area contributed by atoms with Gasteiger partial charge in [0, 0.05) is 0 Å². The number of benzene rings is 4. The van der Waals surface area contributed by atoms with Gasteiger partial charge in [-0.3, -0.25) is 9.59 Å². The number of hydrogen-bond donors (Lipinski definition) is 1. The molecule has 52 heavy (non-hydrogen) atoms. The average Bonchev–Trinajstić information content (AvgIpc) is 3.58. The lowest BCUT2D eigenvalue weighted by atomic mass is 9.98. The zero-order valence-electron chi connectivity index (χ0n) is 27.3. The Bertz CT molecular complexity index is 1990. The maximum absolute atomic E-state index is 13.7. The normalized spacial score (nSPS) is 19.7. The lowest BCUT2D eigenvalue weighted by molar-refractivity contribution is -0.211. The Labute approximate surface area is 300 Å². The number of hydrogen-bond acceptors (Lipinski definition) is 13. The highest BCUT2D eigenvalue weighted by molar-refractivity contribution is 7.99. The Morgan fingerprint density at radius 1 is 0.635 bits per heavy atom. The summed E-state index contributed by atoms with van der Waals surface area (Å²) in [6, 6.07) is 31.1. The summed E-state index contributed by atoms with van der Waals surface area (Å²) in [5.41, 5.74) is 0.217. The van der Waals surface area contributed by atoms with Gasteiger partial charge >= 0.3 is 29.8 Å². The number of rotatable bonds is 13. The van der Waals surface area contributed by atoms with Gasteiger partial charge in [0.25, 0.3) is 5.22 Å². The fourth-order valence-electron chi connectivity index (χ4n) is 5.26. The predicted octanol–water partition coefficient (Wildman–Crippen LogP) is 5.73. The summed E-state index contributed by atoms with van der Waals surface area (Å²) >= 11 is 0.904. The summed E-state index contributed by atoms with van der Waals surface area (Å²) in [6.45, 7) is -0.561. The molecule has 1 saturated heterocycles. The highest BCUT2D eigenvalue weighted by Crippen LogP contribution is 2.39. The third-order valence-corrected chi connectivity index (χ3v) is 8.78. The van der Waals surface area contributed by atoms with E-state index < -0.39 is 79.1 Å². The van der Waals surface area contributed by atoms with Crippen molar-refractivity contribution in [2.45, 2.75) is 47.9 Å². The second kappa shape index (κ2) is 16.8. The monoisotopic (exact) mass is 725 g/mol. The van der Waals surface area contributed by atoms with Crippen molar-refractivity contribution in [3.05, 3.63) is 132 Å². The van der Waals surface area contributed by atoms with Crippen LogP contribution in [0.15, 0.2) is 125 Å². The van der Waals surface area contributed by atoms with Crippen LogP contribution >= 0.6 is 11.8 Å². The first kappa shape index (κ1) is 35.8. The first-order valence-electron chi connectivity index (χ1n) is 16.1. The molecule has 1 N–H and O–H groups in total. The second-order valence-electron chi connectivity index (χ2n) is 11.4. The molecule has 4 aromatic carbocycles. The molecule has 13 nitrogen and oxygen atoms in total. The van der Waals surface area contributed by atoms with Crippen LogP contribution in [-0.4, -0.2) is 76.4 Å². The molecule has 14 heteroatoms. The van der Waals surface area contributed by atoms with Crippen LogP contribution in [0, 0.1) is 0 Å². The molecule has 2 heterocycles. The number of aliphatic carboxylic acids is 1. The molecule has 6 rings (SSSR count). The molecule has 266 valence electrons. The van der Waals surface area contributed by atoms with Gasteiger partial charge in [0.05, 0.1) is 29.5 Å². The SMILES string of the molecule is O=C(O)CCC(=O)OC[C@H]1O[C@@H](Sc2nc3ccccc3o2)[C@H](OC(=O)c2ccccc2)[C@@H](OC(=O)c2ccccc2)[C@@H]1OC(=O)c1ccccc1. The van der Waals surface area contributed by atoms with Gasteiger partial charge in [-0.2, -0.15) is 0 Å². The molecule has 0 aliphatic carbocycles. The number of aromatic nitrogens is 1. The van der Waals surface area contributed by atoms with Gasteiger partial charge in [-0.15, -0.1) is 0 Å². The standard InChI is InChI=1S/C38H31NO12S/c40-29(41)20-21-30(42)46-22-28-31(49-34(43)23-12-4-1-5-13-23)32(50-35(44)24-14-6-2-7-15-24)33(51-36(45)25-16-8-3-9-17-25)37(47-28)52-38-39-26-18-10-11-19-27(26)48-38/h1-19,28,31-33,37H,20-22H2,(H,40,41)/t28-,31-,32+,33-,37+/m1/s1. The number of ether oxygens (including phenoxy) is 5. The molecule has 5 aromatic rings. The molecule has 1 fully saturated rings. The van der Waals surface area contributed by atoms with E-state index in [-0.39, 0.29) is 21.9 Å². The fraction of sp³-hybridized carbons (Fsp3) is 0.211. The van der Waals surface area contributed by atoms with Crippen molar-refractivity contribution in [2.24, 2.45) is 0 Å². The summed E-state index contributed by atoms with van der Waals surface area (Å²) in [6.07, 6.45) is -6.80. The molecule has 0 unspecified atom stereocenters. The average molecular weight is 726 g/mol. The van der Waals surface area contributed by atoms with Crippen LogP contribution in [0.1, 0.15) is 43.9 Å². The number of carbonyl (C=O) groups is 5. The molecular weight excluding hydrogens is 694 g/mol. The number of para-hydroxylation sites is 2. The van der Waals surface area contributed by atoms with Gasteiger partial charge in [-0.25, -0.2) is 19.4 Å². The minimum atomic E-state index is -1.55. The van der Waals surface area contributed by atoms with Crippen molar-refractivity contribution >= 4 is 52.7 Å². The highest BCUT2D eigenvalue weighted by atomic mass is 32.2. The van der Waals surface area contributed by atoms with Crippen molar-refractivity contribution in [2.75, 3.05) is 6.61 Å². The molecular formula is C38H31NO12S. The molecule has 1 aliphatic heterocycles. The third kappa shape index (κ3) is 9.02. The molecule has 0 amide bonds. The first-order chi connectivity index (χ1) is 25.2. The number of nitrogens with zero attached hydrogens (tertiary/aromatic N) is 1. The Morgan fingerprint density at radius 3 is 1.67 bits per heavy atom. The Balaban J connectivity index is 1.41. The number of carboxylic acids is 1. The van der Waals surface area contributed by atoms with Crippen molar-refractivity contribution in [3.63, 3.8) is 0 Å². The lowest BCUT2D eigenvalue weighted by Crippen LogP contribution is -2.61. The van der Waals surface area contributed by atoms with E-state index in [1.165, 1.54) is 36.4 Å². The number of carboxylic acid groups (broad SMARTS) is 1. The minimum Gasteiger partial charge on any atom is -0.481 e. The van der Waals surface area contributed by atoms with E-state index in [9.17, 15) is 24.0 Å². The number of thioether (sulfide) groups is 1. The number of oxazole rings is 1. The van der Waals surface area contributed by atoms with Crippen LogP contribution in [0.25, 0.3) is 11.1 Å². The minimum absolute atomic E-state index is 0.108. The van der Waals surface area contributed by atoms with E-state index in [1.807, 2.05) is 0 Å². The first-order valence-corrected chi connectivity index (χ1v) is 17.0. The van der Waals surface area contributed by atoms with Crippen molar-refractivity contribution in [1.82, 2.24) is 4.98 Å². The summed E-state index contributed by atoms with van der Waals surface area (Å²) < 4.78 is 35.8. The van der Waals surface area contributed by atoms with E-state index in [0.29, 0.717) is 11.1 Å². The van der Waals surface area contributed by atoms with E-state index in [2.05, 4.69) is 4.98 Å². The summed E-state index contributed by atoms with van der Waals surface area (Å²) in [5, 5.41) is 9.16. The van der Waals surface area contributed by atoms with Gasteiger partial charge in [-0.05, 0) is 60.3 Å². The van der Waals surface area contributed by atoms with E-state index in [4.69, 9.17) is 33.2 Å². The third-order valence-electron chi connectivity index (χ3n) is 7.79. The van der Waals surface area contributed by atoms with Crippen molar-refractivity contribution in [3.8, 4) is 0 Å². The number of carbonyl (C=O) groups excluding carboxylic acids is 4. The van der Waals surface area contributed by atoms with E-state index in [1.54, 1.807) is 78.9 Å². The maximum atomic E-state index is 13.7. The Hall–Kier alpha value is -5.99. The van der Waals surface area contributed by atoms with Gasteiger partial charge in [0.15, 0.2) is 29.3 Å². The second-order valence-corrected chi connectivity index (χ2v) is 12.4. The molecule has 5 atom stereocenters. The van der Waals surface area contributed by atoms with Crippen LogP contribution in [0.5, 0.6) is 0 Å². The molecule has 0 spiro atoms.